The molecule has 9 amide bonds. The first-order chi connectivity index (χ1) is 49.9. The van der Waals surface area contributed by atoms with Gasteiger partial charge in [0.1, 0.15) is 42.2 Å². The number of terminal acetylenes is 1. The maximum absolute atomic E-state index is 13.1. The first kappa shape index (κ1) is 73.3. The number of piperidine rings is 3. The second-order valence-corrected chi connectivity index (χ2v) is 26.7. The average molecular weight is 1520 g/mol. The zero-order valence-corrected chi connectivity index (χ0v) is 59.0. The number of esters is 1. The third-order valence-electron chi connectivity index (χ3n) is 17.7. The van der Waals surface area contributed by atoms with Crippen LogP contribution in [0.4, 0.5) is 0 Å². The number of aliphatic hydroxyl groups excluding tert-OH is 2. The van der Waals surface area contributed by atoms with Gasteiger partial charge in [-0.1, -0.05) is 84.1 Å². The zero-order valence-electron chi connectivity index (χ0n) is 56.1. The zero-order chi connectivity index (χ0) is 72.7. The fourth-order valence-electron chi connectivity index (χ4n) is 12.7. The molecule has 3 saturated heterocycles. The summed E-state index contributed by atoms with van der Waals surface area (Å²) < 4.78 is 16.3. The topological polar surface area (TPSA) is 324 Å². The molecule has 5 N–H and O–H groups in total. The number of carbonyl (C=O) groups excluding carboxylic acids is 10. The first-order valence-corrected chi connectivity index (χ1v) is 35.3. The summed E-state index contributed by atoms with van der Waals surface area (Å²) in [4.78, 5) is 126. The highest BCUT2D eigenvalue weighted by molar-refractivity contribution is 14.1. The minimum absolute atomic E-state index is 0.0106. The van der Waals surface area contributed by atoms with E-state index in [9.17, 15) is 47.9 Å². The normalized spacial score (nSPS) is 17.5. The van der Waals surface area contributed by atoms with Crippen LogP contribution in [0.25, 0.3) is 5.00 Å². The Morgan fingerprint density at radius 3 is 1.73 bits per heavy atom. The van der Waals surface area contributed by atoms with Gasteiger partial charge in [0, 0.05) is 114 Å². The van der Waals surface area contributed by atoms with Crippen LogP contribution in [0, 0.1) is 58.4 Å². The molecule has 0 aliphatic carbocycles. The Labute approximate surface area is 610 Å². The molecule has 7 aliphatic heterocycles. The predicted molar refractivity (Wildman–Crippen MR) is 381 cm³/mol. The fraction of sp³-hybridized carbons (Fsp3) is 0.329. The van der Waals surface area contributed by atoms with Crippen molar-refractivity contribution >= 4 is 93.1 Å². The van der Waals surface area contributed by atoms with E-state index >= 15 is 0 Å². The molecule has 4 aromatic carbocycles. The quantitative estimate of drug-likeness (QED) is 0.0308. The second kappa shape index (κ2) is 34.2. The Balaban J connectivity index is 0.000000183. The van der Waals surface area contributed by atoms with E-state index in [2.05, 4.69) is 112 Å². The number of thiophene rings is 1. The van der Waals surface area contributed by atoms with Gasteiger partial charge in [0.05, 0.1) is 36.5 Å². The van der Waals surface area contributed by atoms with Crippen LogP contribution < -0.4 is 16.0 Å². The van der Waals surface area contributed by atoms with Crippen molar-refractivity contribution < 1.29 is 67.6 Å². The number of benzene rings is 4. The summed E-state index contributed by atoms with van der Waals surface area (Å²) in [6.45, 7) is 4.59. The second-order valence-electron chi connectivity index (χ2n) is 24.5. The number of nitrogens with one attached hydrogen (secondary N) is 3. The maximum Gasteiger partial charge on any atom is 0.305 e. The molecule has 27 heteroatoms. The highest BCUT2D eigenvalue weighted by Crippen LogP contribution is 2.38. The molecule has 14 rings (SSSR count). The molecule has 3 aromatic heterocycles. The molecular formula is C76H70IN11O14S. The van der Waals surface area contributed by atoms with Gasteiger partial charge in [0.25, 0.3) is 17.7 Å². The largest absolute Gasteiger partial charge is 0.465 e. The van der Waals surface area contributed by atoms with Crippen molar-refractivity contribution in [3.05, 3.63) is 184 Å². The summed E-state index contributed by atoms with van der Waals surface area (Å²) in [7, 11) is 0. The molecule has 526 valence electrons. The number of fused-ring (bicyclic) bond motifs is 6. The van der Waals surface area contributed by atoms with Gasteiger partial charge in [0.2, 0.25) is 35.4 Å². The van der Waals surface area contributed by atoms with E-state index in [4.69, 9.17) is 26.1 Å². The van der Waals surface area contributed by atoms with E-state index in [0.29, 0.717) is 100 Å². The maximum atomic E-state index is 13.1. The molecule has 3 unspecified atom stereocenters. The summed E-state index contributed by atoms with van der Waals surface area (Å²) >= 11 is 3.82. The molecule has 0 radical (unpaired) electrons. The Morgan fingerprint density at radius 2 is 1.19 bits per heavy atom. The van der Waals surface area contributed by atoms with Crippen LogP contribution in [0.3, 0.4) is 0 Å². The van der Waals surface area contributed by atoms with Crippen LogP contribution in [0.5, 0.6) is 0 Å². The number of ether oxygens (including phenoxy) is 2. The monoisotopic (exact) mass is 1520 g/mol. The highest BCUT2D eigenvalue weighted by Gasteiger charge is 2.43. The lowest BCUT2D eigenvalue weighted by atomic mass is 10.0. The fourth-order valence-corrected chi connectivity index (χ4v) is 14.6. The number of nitrogens with zero attached hydrogens (tertiary/aromatic N) is 8. The summed E-state index contributed by atoms with van der Waals surface area (Å²) in [5.74, 6) is 19.5. The number of hydrogen-bond donors (Lipinski definition) is 5. The third-order valence-corrected chi connectivity index (χ3v) is 19.9. The highest BCUT2D eigenvalue weighted by atomic mass is 127. The summed E-state index contributed by atoms with van der Waals surface area (Å²) in [6, 6.07) is 24.7. The lowest BCUT2D eigenvalue weighted by Gasteiger charge is -2.29. The van der Waals surface area contributed by atoms with Gasteiger partial charge in [-0.05, 0) is 126 Å². The van der Waals surface area contributed by atoms with Crippen molar-refractivity contribution in [1.29, 1.82) is 0 Å². The number of amides is 9. The number of aromatic nitrogens is 5. The van der Waals surface area contributed by atoms with Crippen LogP contribution in [-0.4, -0.2) is 147 Å². The van der Waals surface area contributed by atoms with Crippen LogP contribution >= 0.6 is 33.9 Å². The van der Waals surface area contributed by atoms with E-state index < -0.39 is 29.9 Å². The van der Waals surface area contributed by atoms with Gasteiger partial charge >= 0.3 is 5.97 Å². The van der Waals surface area contributed by atoms with Crippen molar-refractivity contribution in [2.24, 2.45) is 0 Å². The van der Waals surface area contributed by atoms with Crippen molar-refractivity contribution in [2.45, 2.75) is 141 Å². The average Bonchev–Trinajstić information content (AvgIpc) is 1.62. The molecule has 0 saturated carbocycles. The molecule has 3 atom stereocenters. The molecule has 103 heavy (non-hydrogen) atoms. The minimum Gasteiger partial charge on any atom is -0.465 e. The van der Waals surface area contributed by atoms with Gasteiger partial charge in [-0.2, -0.15) is 5.10 Å². The van der Waals surface area contributed by atoms with Crippen LogP contribution in [-0.2, 0) is 88.8 Å². The van der Waals surface area contributed by atoms with Gasteiger partial charge in [0.15, 0.2) is 5.82 Å². The van der Waals surface area contributed by atoms with Gasteiger partial charge < -0.3 is 34.4 Å². The molecule has 0 bridgehead atoms. The van der Waals surface area contributed by atoms with E-state index in [1.807, 2.05) is 55.6 Å². The van der Waals surface area contributed by atoms with Crippen molar-refractivity contribution in [3.8, 4) is 52.9 Å². The SMILES string of the molecule is C#CCCO.Cc1nnc2n1-c1sc(C#Cc3cnn(CCCC(=O)OCCC#Cc4cccc5c4CN(C4CCC(=O)NC4=O)C5=O)c3)c(Cc3ccccc3)c1COC2.O=C1CCC(N2Cc3c(C#CCCO)cccc3C2=O)C(=O)N1.O=C1CCC(N2Cc3c(I)cccc3C2=O)C(=O)N1. The third kappa shape index (κ3) is 17.4. The molecule has 7 aromatic rings. The number of carbonyl (C=O) groups is 10. The van der Waals surface area contributed by atoms with Gasteiger partial charge in [-0.25, -0.2) is 0 Å². The minimum atomic E-state index is -0.686. The van der Waals surface area contributed by atoms with E-state index in [0.717, 1.165) is 70.5 Å². The Bertz CT molecular complexity index is 4770. The van der Waals surface area contributed by atoms with Crippen LogP contribution in [0.1, 0.15) is 168 Å². The number of imide groups is 3. The smallest absolute Gasteiger partial charge is 0.305 e. The Hall–Kier alpha value is -10.9. The summed E-state index contributed by atoms with van der Waals surface area (Å²) in [6.07, 6.45) is 12.8. The number of rotatable bonds is 13. The Morgan fingerprint density at radius 1 is 0.650 bits per heavy atom. The molecule has 3 fully saturated rings. The molecule has 7 aliphatic rings. The molecule has 25 nitrogen and oxygen atoms in total. The number of halogens is 1. The van der Waals surface area contributed by atoms with E-state index in [-0.39, 0.29) is 99.4 Å². The predicted octanol–water partition coefficient (Wildman–Crippen LogP) is 5.62. The first-order valence-electron chi connectivity index (χ1n) is 33.4. The molecule has 10 heterocycles. The lowest BCUT2D eigenvalue weighted by Crippen LogP contribution is -2.52. The van der Waals surface area contributed by atoms with E-state index in [1.165, 1.54) is 15.4 Å². The Kier molecular flexibility index (Phi) is 24.3. The standard InChI is InChI=1S/C42H37N7O6S.C17H16N2O4.C13H11IN2O3.C4H6O/c1-27-45-46-37-26-54-25-34-32(21-28-9-3-2-4-10-28)36(56-42(34)49(27)37)17-15-29-22-43-47(23-29)19-8-14-39(51)55-20-6-5-11-30-12-7-13-31-33(30)24-48(41(31)53)35-16-18-38(50)44-40(35)52;20-9-2-1-4-11-5-3-6-12-13(11)10-19(17(12)23)14-7-8-15(21)18-16(14)22;14-9-3-1-2-7-8(9)6-16(13(7)19)10-4-5-11(17)15-12(10)18;1-2-3-4-5/h2-4,7,9-10,12-13,22-23,35H,6,8,14,16,18-21,24-26H2,1H3,(H,44,50,52);3,5-6,14,20H,2,7-10H2,(H,18,21,22);1-3,10H,4-6H2,(H,15,17,18);1,5H,3-4H2. The van der Waals surface area contributed by atoms with Crippen LogP contribution in [0.2, 0.25) is 0 Å². The van der Waals surface area contributed by atoms with Crippen molar-refractivity contribution in [1.82, 2.24) is 55.2 Å². The lowest BCUT2D eigenvalue weighted by molar-refractivity contribution is -0.144. The van der Waals surface area contributed by atoms with Crippen molar-refractivity contribution in [2.75, 3.05) is 19.8 Å². The molecular weight excluding hydrogens is 1450 g/mol. The molecule has 0 spiro atoms. The van der Waals surface area contributed by atoms with E-state index in [1.54, 1.807) is 57.4 Å². The van der Waals surface area contributed by atoms with Crippen molar-refractivity contribution in [3.63, 3.8) is 0 Å². The van der Waals surface area contributed by atoms with Gasteiger partial charge in [-0.3, -0.25) is 73.1 Å². The van der Waals surface area contributed by atoms with Crippen LogP contribution in [0.15, 0.2) is 97.3 Å². The summed E-state index contributed by atoms with van der Waals surface area (Å²) in [5, 5.41) is 37.7. The number of hydrogen-bond acceptors (Lipinski definition) is 18. The van der Waals surface area contributed by atoms with Gasteiger partial charge in [-0.15, -0.1) is 33.9 Å². The summed E-state index contributed by atoms with van der Waals surface area (Å²) in [5.41, 5.74) is 9.87. The number of aryl methyl sites for hydroxylation is 2. The number of aliphatic hydroxyl groups is 2.